The van der Waals surface area contributed by atoms with Crippen molar-refractivity contribution >= 4 is 12.1 Å². The van der Waals surface area contributed by atoms with Crippen molar-refractivity contribution in [1.29, 1.82) is 5.26 Å². The summed E-state index contributed by atoms with van der Waals surface area (Å²) < 4.78 is 10.6. The lowest BCUT2D eigenvalue weighted by Gasteiger charge is -2.03. The predicted octanol–water partition coefficient (Wildman–Crippen LogP) is 1.91. The van der Waals surface area contributed by atoms with Gasteiger partial charge in [-0.2, -0.15) is 9.15 Å². The van der Waals surface area contributed by atoms with Crippen LogP contribution in [-0.4, -0.2) is 4.75 Å². The van der Waals surface area contributed by atoms with E-state index in [0.717, 1.165) is 0 Å². The van der Waals surface area contributed by atoms with Crippen LogP contribution < -0.4 is 0 Å². The van der Waals surface area contributed by atoms with Crippen LogP contribution in [0.25, 0.3) is 0 Å². The monoisotopic (exact) mass is 119 g/mol. The highest BCUT2D eigenvalue weighted by Crippen LogP contribution is 2.22. The molecule has 0 aliphatic rings. The van der Waals surface area contributed by atoms with Crippen LogP contribution in [0.1, 0.15) is 13.8 Å². The number of hydrogen-bond donors (Lipinski definition) is 0. The summed E-state index contributed by atoms with van der Waals surface area (Å²) in [5.41, 5.74) is 0. The van der Waals surface area contributed by atoms with Gasteiger partial charge in [-0.15, -0.1) is 0 Å². The van der Waals surface area contributed by atoms with Crippen molar-refractivity contribution < 1.29 is 3.89 Å². The summed E-state index contributed by atoms with van der Waals surface area (Å²) in [5.74, 6) is 0. The van der Waals surface area contributed by atoms with Crippen LogP contribution in [0.2, 0.25) is 0 Å². The molecular formula is C4H6FNS. The Balaban J connectivity index is 3.66. The SMILES string of the molecule is CC(C)(C#N)SF. The van der Waals surface area contributed by atoms with Crippen LogP contribution in [0.15, 0.2) is 0 Å². The van der Waals surface area contributed by atoms with Crippen LogP contribution in [0.5, 0.6) is 0 Å². The topological polar surface area (TPSA) is 23.8 Å². The van der Waals surface area contributed by atoms with Crippen LogP contribution in [0.3, 0.4) is 0 Å². The average molecular weight is 119 g/mol. The minimum absolute atomic E-state index is 0.0660. The Labute approximate surface area is 46.8 Å². The standard InChI is InChI=1S/C4H6FNS/c1-4(2,3-6)7-5/h1-2H3. The van der Waals surface area contributed by atoms with E-state index in [1.165, 1.54) is 13.8 Å². The molecule has 0 saturated carbocycles. The van der Waals surface area contributed by atoms with Gasteiger partial charge in [0.2, 0.25) is 0 Å². The molecule has 40 valence electrons. The molecule has 0 aromatic carbocycles. The number of rotatable bonds is 1. The molecule has 0 atom stereocenters. The van der Waals surface area contributed by atoms with Crippen molar-refractivity contribution in [3.63, 3.8) is 0 Å². The average Bonchev–Trinajstić information content (AvgIpc) is 1.68. The summed E-state index contributed by atoms with van der Waals surface area (Å²) in [4.78, 5) is 0. The maximum absolute atomic E-state index is 11.5. The molecule has 3 heteroatoms. The largest absolute Gasteiger partial charge is 0.197 e. The molecule has 0 heterocycles. The van der Waals surface area contributed by atoms with E-state index in [9.17, 15) is 3.89 Å². The fourth-order valence-corrected chi connectivity index (χ4v) is 0.0518. The molecule has 0 spiro atoms. The van der Waals surface area contributed by atoms with Gasteiger partial charge in [0.1, 0.15) is 4.75 Å². The zero-order valence-corrected chi connectivity index (χ0v) is 5.05. The van der Waals surface area contributed by atoms with Crippen molar-refractivity contribution in [3.8, 4) is 6.07 Å². The van der Waals surface area contributed by atoms with E-state index in [2.05, 4.69) is 0 Å². The third-order valence-corrected chi connectivity index (χ3v) is 0.939. The van der Waals surface area contributed by atoms with Crippen LogP contribution in [-0.2, 0) is 0 Å². The van der Waals surface area contributed by atoms with Crippen molar-refractivity contribution in [2.75, 3.05) is 0 Å². The molecular weight excluding hydrogens is 113 g/mol. The summed E-state index contributed by atoms with van der Waals surface area (Å²) in [7, 11) is 0. The smallest absolute Gasteiger partial charge is 0.128 e. The Kier molecular flexibility index (Phi) is 2.10. The van der Waals surface area contributed by atoms with E-state index in [-0.39, 0.29) is 12.1 Å². The second kappa shape index (κ2) is 2.17. The van der Waals surface area contributed by atoms with E-state index in [1.807, 2.05) is 0 Å². The fourth-order valence-electron chi connectivity index (χ4n) is 0.0173. The lowest BCUT2D eigenvalue weighted by Crippen LogP contribution is -2.07. The second-order valence-corrected chi connectivity index (χ2v) is 2.87. The van der Waals surface area contributed by atoms with Crippen molar-refractivity contribution in [2.24, 2.45) is 0 Å². The summed E-state index contributed by atoms with van der Waals surface area (Å²) in [6, 6.07) is 1.78. The van der Waals surface area contributed by atoms with Crippen molar-refractivity contribution in [3.05, 3.63) is 0 Å². The van der Waals surface area contributed by atoms with Gasteiger partial charge in [0.05, 0.1) is 18.2 Å². The van der Waals surface area contributed by atoms with Crippen LogP contribution in [0, 0.1) is 11.3 Å². The molecule has 0 N–H and O–H groups in total. The first kappa shape index (κ1) is 6.77. The summed E-state index contributed by atoms with van der Waals surface area (Å²) in [6.45, 7) is 3.05. The number of hydrogen-bond acceptors (Lipinski definition) is 2. The summed E-state index contributed by atoms with van der Waals surface area (Å²) >= 11 is 0.0660. The molecule has 7 heavy (non-hydrogen) atoms. The highest BCUT2D eigenvalue weighted by molar-refractivity contribution is 7.95. The molecule has 0 amide bonds. The van der Waals surface area contributed by atoms with Crippen molar-refractivity contribution in [1.82, 2.24) is 0 Å². The molecule has 0 bridgehead atoms. The zero-order valence-electron chi connectivity index (χ0n) is 4.23. The van der Waals surface area contributed by atoms with Gasteiger partial charge in [0.25, 0.3) is 0 Å². The molecule has 0 aliphatic heterocycles. The Morgan fingerprint density at radius 2 is 2.14 bits per heavy atom. The third-order valence-electron chi connectivity index (χ3n) is 0.462. The number of halogens is 1. The maximum atomic E-state index is 11.5. The Bertz CT molecular complexity index is 94.4. The van der Waals surface area contributed by atoms with Gasteiger partial charge < -0.3 is 0 Å². The number of nitriles is 1. The lowest BCUT2D eigenvalue weighted by atomic mass is 10.2. The molecule has 0 saturated heterocycles. The Hall–Kier alpha value is -0.230. The fraction of sp³-hybridized carbons (Fsp3) is 0.750. The van der Waals surface area contributed by atoms with Crippen LogP contribution in [0.4, 0.5) is 3.89 Å². The van der Waals surface area contributed by atoms with Gasteiger partial charge in [-0.05, 0) is 13.8 Å². The maximum Gasteiger partial charge on any atom is 0.128 e. The van der Waals surface area contributed by atoms with Gasteiger partial charge in [-0.25, -0.2) is 0 Å². The quantitative estimate of drug-likeness (QED) is 0.526. The molecule has 0 radical (unpaired) electrons. The molecule has 0 rings (SSSR count). The van der Waals surface area contributed by atoms with Crippen molar-refractivity contribution in [2.45, 2.75) is 18.6 Å². The molecule has 1 nitrogen and oxygen atoms in total. The summed E-state index contributed by atoms with van der Waals surface area (Å²) in [6.07, 6.45) is 0. The normalized spacial score (nSPS) is 10.6. The van der Waals surface area contributed by atoms with E-state index in [0.29, 0.717) is 0 Å². The zero-order chi connectivity index (χ0) is 5.91. The first-order valence-corrected chi connectivity index (χ1v) is 2.55. The molecule has 0 fully saturated rings. The van der Waals surface area contributed by atoms with Gasteiger partial charge in [-0.1, -0.05) is 0 Å². The van der Waals surface area contributed by atoms with E-state index >= 15 is 0 Å². The molecule has 0 aliphatic carbocycles. The third kappa shape index (κ3) is 2.46. The predicted molar refractivity (Wildman–Crippen MR) is 28.4 cm³/mol. The first-order valence-electron chi connectivity index (χ1n) is 1.83. The van der Waals surface area contributed by atoms with Crippen LogP contribution >= 0.6 is 12.1 Å². The minimum Gasteiger partial charge on any atom is -0.197 e. The van der Waals surface area contributed by atoms with E-state index < -0.39 is 4.75 Å². The highest BCUT2D eigenvalue weighted by Gasteiger charge is 2.16. The molecule has 0 aromatic rings. The van der Waals surface area contributed by atoms with Gasteiger partial charge >= 0.3 is 0 Å². The summed E-state index contributed by atoms with van der Waals surface area (Å²) in [5, 5.41) is 8.08. The van der Waals surface area contributed by atoms with Gasteiger partial charge in [0.15, 0.2) is 0 Å². The Morgan fingerprint density at radius 1 is 1.71 bits per heavy atom. The highest BCUT2D eigenvalue weighted by atomic mass is 32.2. The first-order chi connectivity index (χ1) is 3.12. The Morgan fingerprint density at radius 3 is 2.14 bits per heavy atom. The second-order valence-electron chi connectivity index (χ2n) is 1.70. The van der Waals surface area contributed by atoms with Gasteiger partial charge in [-0.3, -0.25) is 0 Å². The van der Waals surface area contributed by atoms with E-state index in [4.69, 9.17) is 5.26 Å². The van der Waals surface area contributed by atoms with E-state index in [1.54, 1.807) is 6.07 Å². The minimum atomic E-state index is -0.861. The number of nitrogens with zero attached hydrogens (tertiary/aromatic N) is 1. The molecule has 0 aromatic heterocycles. The lowest BCUT2D eigenvalue weighted by molar-refractivity contribution is 0.836. The van der Waals surface area contributed by atoms with Gasteiger partial charge in [0, 0.05) is 0 Å². The molecule has 0 unspecified atom stereocenters.